The van der Waals surface area contributed by atoms with Gasteiger partial charge in [0.1, 0.15) is 11.5 Å². The Bertz CT molecular complexity index is 1440. The van der Waals surface area contributed by atoms with Crippen molar-refractivity contribution in [3.63, 3.8) is 0 Å². The monoisotopic (exact) mass is 499 g/mol. The molecule has 5 aromatic carbocycles. The molecule has 38 heavy (non-hydrogen) atoms. The van der Waals surface area contributed by atoms with E-state index in [4.69, 9.17) is 4.74 Å². The first kappa shape index (κ1) is 25.0. The highest BCUT2D eigenvalue weighted by Gasteiger charge is 2.45. The standard InChI is InChI=1S/C34H29NO3/c1-38-32(36)31(24-25-21-22-26-13-11-12-14-27(26)23-25)35-33(37)34(28-15-5-2-6-16-28,29-17-7-3-8-18-29)30-19-9-4-10-20-30/h2-23,31H,24H2,1H3,(H,35,37)/t31-/m1/s1. The van der Waals surface area contributed by atoms with Gasteiger partial charge in [-0.2, -0.15) is 0 Å². The zero-order valence-corrected chi connectivity index (χ0v) is 21.2. The van der Waals surface area contributed by atoms with E-state index >= 15 is 0 Å². The quantitative estimate of drug-likeness (QED) is 0.208. The number of rotatable bonds is 8. The summed E-state index contributed by atoms with van der Waals surface area (Å²) in [5.41, 5.74) is 2.18. The third-order valence-corrected chi connectivity index (χ3v) is 7.01. The van der Waals surface area contributed by atoms with Crippen molar-refractivity contribution < 1.29 is 14.3 Å². The number of hydrogen-bond donors (Lipinski definition) is 1. The van der Waals surface area contributed by atoms with E-state index in [0.717, 1.165) is 33.0 Å². The van der Waals surface area contributed by atoms with Crippen LogP contribution in [0.15, 0.2) is 133 Å². The minimum atomic E-state index is -1.18. The van der Waals surface area contributed by atoms with Crippen LogP contribution in [0.1, 0.15) is 22.3 Å². The third kappa shape index (κ3) is 4.81. The smallest absolute Gasteiger partial charge is 0.328 e. The maximum atomic E-state index is 14.6. The fourth-order valence-corrected chi connectivity index (χ4v) is 5.16. The van der Waals surface area contributed by atoms with Crippen molar-refractivity contribution >= 4 is 22.6 Å². The van der Waals surface area contributed by atoms with Crippen molar-refractivity contribution in [2.75, 3.05) is 7.11 Å². The summed E-state index contributed by atoms with van der Waals surface area (Å²) in [6.07, 6.45) is 0.303. The molecule has 0 aliphatic carbocycles. The lowest BCUT2D eigenvalue weighted by atomic mass is 9.68. The Morgan fingerprint density at radius 1 is 0.658 bits per heavy atom. The number of nitrogens with one attached hydrogen (secondary N) is 1. The fourth-order valence-electron chi connectivity index (χ4n) is 5.16. The van der Waals surface area contributed by atoms with Crippen LogP contribution in [-0.2, 0) is 26.2 Å². The summed E-state index contributed by atoms with van der Waals surface area (Å²) in [6.45, 7) is 0. The lowest BCUT2D eigenvalue weighted by Gasteiger charge is -2.35. The van der Waals surface area contributed by atoms with E-state index < -0.39 is 17.4 Å². The predicted molar refractivity (Wildman–Crippen MR) is 151 cm³/mol. The van der Waals surface area contributed by atoms with Crippen LogP contribution in [0, 0.1) is 0 Å². The normalized spacial score (nSPS) is 12.0. The molecule has 0 radical (unpaired) electrons. The number of carbonyl (C=O) groups excluding carboxylic acids is 2. The van der Waals surface area contributed by atoms with Crippen LogP contribution in [0.3, 0.4) is 0 Å². The zero-order chi connectivity index (χ0) is 26.4. The van der Waals surface area contributed by atoms with Gasteiger partial charge in [0, 0.05) is 6.42 Å². The van der Waals surface area contributed by atoms with Crippen LogP contribution in [-0.4, -0.2) is 25.0 Å². The molecule has 4 heteroatoms. The van der Waals surface area contributed by atoms with Crippen molar-refractivity contribution in [2.24, 2.45) is 0 Å². The van der Waals surface area contributed by atoms with E-state index in [2.05, 4.69) is 11.4 Å². The molecular formula is C34H29NO3. The largest absolute Gasteiger partial charge is 0.467 e. The van der Waals surface area contributed by atoms with Gasteiger partial charge < -0.3 is 10.1 Å². The molecule has 0 aromatic heterocycles. The molecule has 0 bridgehead atoms. The van der Waals surface area contributed by atoms with E-state index in [9.17, 15) is 9.59 Å². The van der Waals surface area contributed by atoms with E-state index in [1.165, 1.54) is 7.11 Å². The summed E-state index contributed by atoms with van der Waals surface area (Å²) < 4.78 is 5.15. The molecule has 0 fully saturated rings. The Balaban J connectivity index is 1.60. The van der Waals surface area contributed by atoms with Gasteiger partial charge in [-0.15, -0.1) is 0 Å². The summed E-state index contributed by atoms with van der Waals surface area (Å²) in [4.78, 5) is 27.6. The highest BCUT2D eigenvalue weighted by Crippen LogP contribution is 2.39. The highest BCUT2D eigenvalue weighted by molar-refractivity contribution is 5.98. The Kier molecular flexibility index (Phi) is 7.32. The molecule has 4 nitrogen and oxygen atoms in total. The summed E-state index contributed by atoms with van der Waals surface area (Å²) in [6, 6.07) is 42.3. The first-order chi connectivity index (χ1) is 18.6. The lowest BCUT2D eigenvalue weighted by Crippen LogP contribution is -2.52. The van der Waals surface area contributed by atoms with Gasteiger partial charge in [-0.25, -0.2) is 4.79 Å². The summed E-state index contributed by atoms with van der Waals surface area (Å²) in [7, 11) is 1.35. The molecule has 5 rings (SSSR count). The molecule has 1 atom stereocenters. The second-order valence-corrected chi connectivity index (χ2v) is 9.28. The topological polar surface area (TPSA) is 55.4 Å². The Hall–Kier alpha value is -4.70. The molecule has 0 heterocycles. The molecule has 0 spiro atoms. The molecular weight excluding hydrogens is 470 g/mol. The minimum absolute atomic E-state index is 0.294. The highest BCUT2D eigenvalue weighted by atomic mass is 16.5. The van der Waals surface area contributed by atoms with Crippen LogP contribution in [0.25, 0.3) is 10.8 Å². The van der Waals surface area contributed by atoms with Crippen molar-refractivity contribution in [1.29, 1.82) is 0 Å². The number of hydrogen-bond acceptors (Lipinski definition) is 3. The molecule has 0 aliphatic rings. The van der Waals surface area contributed by atoms with E-state index in [1.54, 1.807) is 0 Å². The number of fused-ring (bicyclic) bond motifs is 1. The van der Waals surface area contributed by atoms with Gasteiger partial charge in [0.15, 0.2) is 0 Å². The Labute approximate surface area is 222 Å². The van der Waals surface area contributed by atoms with Gasteiger partial charge >= 0.3 is 5.97 Å². The molecule has 188 valence electrons. The van der Waals surface area contributed by atoms with Crippen molar-refractivity contribution in [3.8, 4) is 0 Å². The molecule has 1 N–H and O–H groups in total. The first-order valence-electron chi connectivity index (χ1n) is 12.7. The minimum Gasteiger partial charge on any atom is -0.467 e. The second-order valence-electron chi connectivity index (χ2n) is 9.28. The van der Waals surface area contributed by atoms with Crippen molar-refractivity contribution in [3.05, 3.63) is 156 Å². The maximum Gasteiger partial charge on any atom is 0.328 e. The number of methoxy groups -OCH3 is 1. The third-order valence-electron chi connectivity index (χ3n) is 7.01. The van der Waals surface area contributed by atoms with Gasteiger partial charge in [-0.05, 0) is 33.0 Å². The number of esters is 1. The van der Waals surface area contributed by atoms with Gasteiger partial charge in [0.05, 0.1) is 7.11 Å². The van der Waals surface area contributed by atoms with Crippen LogP contribution in [0.5, 0.6) is 0 Å². The van der Waals surface area contributed by atoms with Crippen LogP contribution < -0.4 is 5.32 Å². The predicted octanol–water partition coefficient (Wildman–Crippen LogP) is 6.07. The van der Waals surface area contributed by atoms with Crippen LogP contribution in [0.2, 0.25) is 0 Å². The van der Waals surface area contributed by atoms with E-state index in [1.807, 2.05) is 127 Å². The maximum absolute atomic E-state index is 14.6. The zero-order valence-electron chi connectivity index (χ0n) is 21.2. The summed E-state index contributed by atoms with van der Waals surface area (Å²) >= 11 is 0. The van der Waals surface area contributed by atoms with Crippen molar-refractivity contribution in [1.82, 2.24) is 5.32 Å². The molecule has 0 unspecified atom stereocenters. The molecule has 0 saturated carbocycles. The molecule has 0 aliphatic heterocycles. The van der Waals surface area contributed by atoms with E-state index in [0.29, 0.717) is 6.42 Å². The van der Waals surface area contributed by atoms with Gasteiger partial charge in [0.25, 0.3) is 0 Å². The van der Waals surface area contributed by atoms with Crippen molar-refractivity contribution in [2.45, 2.75) is 17.9 Å². The average molecular weight is 500 g/mol. The first-order valence-corrected chi connectivity index (χ1v) is 12.7. The van der Waals surface area contributed by atoms with Crippen LogP contribution >= 0.6 is 0 Å². The van der Waals surface area contributed by atoms with Gasteiger partial charge in [-0.1, -0.05) is 133 Å². The fraction of sp³-hybridized carbons (Fsp3) is 0.118. The van der Waals surface area contributed by atoms with Gasteiger partial charge in [0.2, 0.25) is 5.91 Å². The Morgan fingerprint density at radius 2 is 1.13 bits per heavy atom. The number of carbonyl (C=O) groups is 2. The van der Waals surface area contributed by atoms with E-state index in [-0.39, 0.29) is 5.91 Å². The molecule has 0 saturated heterocycles. The van der Waals surface area contributed by atoms with Crippen LogP contribution in [0.4, 0.5) is 0 Å². The lowest BCUT2D eigenvalue weighted by molar-refractivity contribution is -0.145. The Morgan fingerprint density at radius 3 is 1.63 bits per heavy atom. The van der Waals surface area contributed by atoms with Gasteiger partial charge in [-0.3, -0.25) is 4.79 Å². The number of benzene rings is 5. The SMILES string of the molecule is COC(=O)[C@@H](Cc1ccc2ccccc2c1)NC(=O)C(c1ccccc1)(c1ccccc1)c1ccccc1. The number of ether oxygens (including phenoxy) is 1. The average Bonchev–Trinajstić information content (AvgIpc) is 2.98. The number of amides is 1. The second kappa shape index (κ2) is 11.1. The summed E-state index contributed by atoms with van der Waals surface area (Å²) in [5, 5.41) is 5.28. The molecule has 5 aromatic rings. The summed E-state index contributed by atoms with van der Waals surface area (Å²) in [5.74, 6) is -0.785. The molecule has 1 amide bonds.